The average molecular weight is 269 g/mol. The van der Waals surface area contributed by atoms with Gasteiger partial charge in [-0.05, 0) is 25.3 Å². The number of rotatable bonds is 1. The second kappa shape index (κ2) is 4.53. The summed E-state index contributed by atoms with van der Waals surface area (Å²) in [5, 5.41) is 11.7. The summed E-state index contributed by atoms with van der Waals surface area (Å²) in [5.74, 6) is -0.0861. The zero-order valence-corrected chi connectivity index (χ0v) is 11.3. The molecule has 0 radical (unpaired) electrons. The summed E-state index contributed by atoms with van der Waals surface area (Å²) in [5.41, 5.74) is 0.237. The van der Waals surface area contributed by atoms with Crippen LogP contribution in [0, 0.1) is 0 Å². The zero-order chi connectivity index (χ0) is 13.4. The molecule has 1 aliphatic rings. The summed E-state index contributed by atoms with van der Waals surface area (Å²) < 4.78 is 6.29. The van der Waals surface area contributed by atoms with Gasteiger partial charge in [-0.3, -0.25) is 4.79 Å². The van der Waals surface area contributed by atoms with E-state index in [2.05, 4.69) is 0 Å². The van der Waals surface area contributed by atoms with E-state index in [0.29, 0.717) is 10.6 Å². The molecule has 0 bridgehead atoms. The van der Waals surface area contributed by atoms with Crippen LogP contribution in [0.4, 0.5) is 4.79 Å². The molecule has 1 aromatic heterocycles. The third-order valence-corrected chi connectivity index (χ3v) is 4.68. The van der Waals surface area contributed by atoms with Crippen LogP contribution in [0.15, 0.2) is 21.3 Å². The number of aromatic nitrogens is 1. The smallest absolute Gasteiger partial charge is 0.355 e. The Bertz CT molecular complexity index is 588. The molecule has 1 N–H and O–H groups in total. The molecule has 1 atom stereocenters. The molecule has 0 amide bonds. The first-order valence-electron chi connectivity index (χ1n) is 5.51. The van der Waals surface area contributed by atoms with Crippen LogP contribution < -0.4 is 5.56 Å². The molecule has 1 aliphatic heterocycles. The predicted octanol–water partition coefficient (Wildman–Crippen LogP) is 2.25. The second-order valence-electron chi connectivity index (χ2n) is 4.22. The van der Waals surface area contributed by atoms with Crippen LogP contribution in [0.3, 0.4) is 0 Å². The molecule has 6 heteroatoms. The highest BCUT2D eigenvalue weighted by Crippen LogP contribution is 2.49. The molecule has 0 saturated heterocycles. The molecule has 1 aromatic rings. The number of hydrogen-bond acceptors (Lipinski definition) is 4. The van der Waals surface area contributed by atoms with Crippen molar-refractivity contribution in [3.05, 3.63) is 27.4 Å². The Kier molecular flexibility index (Phi) is 3.21. The van der Waals surface area contributed by atoms with E-state index in [-0.39, 0.29) is 22.7 Å². The molecule has 18 heavy (non-hydrogen) atoms. The topological polar surface area (TPSA) is 68.5 Å². The lowest BCUT2D eigenvalue weighted by molar-refractivity contribution is 0.200. The highest BCUT2D eigenvalue weighted by molar-refractivity contribution is 8.32. The number of nitrogens with zero attached hydrogens (tertiary/aromatic N) is 1. The number of methoxy groups -OCH3 is 1. The van der Waals surface area contributed by atoms with Gasteiger partial charge in [0.1, 0.15) is 5.75 Å². The molecular formula is C12H15NO4S. The van der Waals surface area contributed by atoms with Crippen LogP contribution >= 0.6 is 10.9 Å². The van der Waals surface area contributed by atoms with E-state index in [4.69, 9.17) is 4.74 Å². The largest absolute Gasteiger partial charge is 0.507 e. The van der Waals surface area contributed by atoms with Crippen LogP contribution in [0.1, 0.15) is 25.5 Å². The number of aromatic hydroxyl groups is 1. The van der Waals surface area contributed by atoms with Crippen LogP contribution in [0.5, 0.6) is 5.75 Å². The van der Waals surface area contributed by atoms with Gasteiger partial charge in [0, 0.05) is 17.7 Å². The molecule has 0 aliphatic carbocycles. The van der Waals surface area contributed by atoms with E-state index < -0.39 is 10.9 Å². The Hall–Kier alpha value is -1.69. The highest BCUT2D eigenvalue weighted by atomic mass is 32.2. The van der Waals surface area contributed by atoms with Crippen molar-refractivity contribution in [3.8, 4) is 5.75 Å². The van der Waals surface area contributed by atoms with Gasteiger partial charge in [-0.25, -0.2) is 4.79 Å². The molecule has 2 heterocycles. The number of hydrogen-bond donors (Lipinski definition) is 2. The van der Waals surface area contributed by atoms with E-state index in [1.165, 1.54) is 17.7 Å². The van der Waals surface area contributed by atoms with Gasteiger partial charge in [-0.1, -0.05) is 10.9 Å². The van der Waals surface area contributed by atoms with Crippen molar-refractivity contribution in [1.82, 2.24) is 4.57 Å². The van der Waals surface area contributed by atoms with Gasteiger partial charge in [-0.15, -0.1) is 0 Å². The zero-order valence-electron chi connectivity index (χ0n) is 10.4. The quantitative estimate of drug-likeness (QED) is 0.606. The minimum atomic E-state index is -1.35. The van der Waals surface area contributed by atoms with Crippen molar-refractivity contribution in [2.75, 3.05) is 7.11 Å². The Labute approximate surface area is 107 Å². The first kappa shape index (κ1) is 12.8. The van der Waals surface area contributed by atoms with Crippen LogP contribution in [0.25, 0.3) is 6.08 Å². The summed E-state index contributed by atoms with van der Waals surface area (Å²) in [6.07, 6.45) is 1.67. The maximum absolute atomic E-state index is 11.9. The molecule has 0 aromatic carbocycles. The Balaban J connectivity index is 2.71. The van der Waals surface area contributed by atoms with Crippen molar-refractivity contribution in [3.63, 3.8) is 0 Å². The Morgan fingerprint density at radius 3 is 2.72 bits per heavy atom. The van der Waals surface area contributed by atoms with Gasteiger partial charge in [0.2, 0.25) is 0 Å². The fourth-order valence-corrected chi connectivity index (χ4v) is 3.92. The lowest BCUT2D eigenvalue weighted by atomic mass is 10.2. The number of ether oxygens (including phenoxy) is 1. The highest BCUT2D eigenvalue weighted by Gasteiger charge is 2.28. The molecule has 0 fully saturated rings. The third-order valence-electron chi connectivity index (χ3n) is 2.75. The van der Waals surface area contributed by atoms with Gasteiger partial charge in [0.25, 0.3) is 5.56 Å². The molecule has 1 unspecified atom stereocenters. The number of thiol groups is 1. The van der Waals surface area contributed by atoms with E-state index in [1.54, 1.807) is 11.5 Å². The van der Waals surface area contributed by atoms with Crippen molar-refractivity contribution in [1.29, 1.82) is 0 Å². The maximum Gasteiger partial charge on any atom is 0.355 e. The summed E-state index contributed by atoms with van der Waals surface area (Å²) in [6, 6.07) is 1.10. The van der Waals surface area contributed by atoms with Crippen molar-refractivity contribution >= 4 is 22.3 Å². The minimum Gasteiger partial charge on any atom is -0.507 e. The van der Waals surface area contributed by atoms with E-state index in [0.717, 1.165) is 0 Å². The predicted molar refractivity (Wildman–Crippen MR) is 71.4 cm³/mol. The normalized spacial score (nSPS) is 19.0. The second-order valence-corrected chi connectivity index (χ2v) is 6.05. The molecule has 2 rings (SSSR count). The van der Waals surface area contributed by atoms with Crippen LogP contribution in [0.2, 0.25) is 0 Å². The fourth-order valence-electron chi connectivity index (χ4n) is 1.98. The van der Waals surface area contributed by atoms with Gasteiger partial charge in [0.15, 0.2) is 0 Å². The molecular weight excluding hydrogens is 254 g/mol. The van der Waals surface area contributed by atoms with Gasteiger partial charge in [-0.2, -0.15) is 0 Å². The SMILES string of the molecule is COC(=O)[SH]1C=Cc2c(O)cc(=O)n(C(C)C)c21. The minimum absolute atomic E-state index is 0.0820. The maximum atomic E-state index is 11.9. The Morgan fingerprint density at radius 2 is 2.17 bits per heavy atom. The monoisotopic (exact) mass is 269 g/mol. The third kappa shape index (κ3) is 1.82. The summed E-state index contributed by atoms with van der Waals surface area (Å²) in [4.78, 5) is 23.7. The number of fused-ring (bicyclic) bond motifs is 1. The van der Waals surface area contributed by atoms with Crippen LogP contribution in [-0.4, -0.2) is 22.1 Å². The number of pyridine rings is 1. The summed E-state index contributed by atoms with van der Waals surface area (Å²) in [7, 11) is -0.0300. The van der Waals surface area contributed by atoms with Gasteiger partial charge >= 0.3 is 5.30 Å². The molecule has 98 valence electrons. The van der Waals surface area contributed by atoms with E-state index in [9.17, 15) is 14.7 Å². The van der Waals surface area contributed by atoms with Crippen molar-refractivity contribution < 1.29 is 14.6 Å². The summed E-state index contributed by atoms with van der Waals surface area (Å²) >= 11 is 0. The van der Waals surface area contributed by atoms with Crippen molar-refractivity contribution in [2.24, 2.45) is 0 Å². The first-order valence-corrected chi connectivity index (χ1v) is 6.92. The summed E-state index contributed by atoms with van der Waals surface area (Å²) in [6.45, 7) is 3.73. The standard InChI is InChI=1S/C12H15NO4S/c1-7(2)13-10(15)6-9(14)8-4-5-18(11(8)13)12(16)17-3/h4-7,14,18H,1-3H3. The lowest BCUT2D eigenvalue weighted by Crippen LogP contribution is -2.24. The molecule has 5 nitrogen and oxygen atoms in total. The fraction of sp³-hybridized carbons (Fsp3) is 0.333. The average Bonchev–Trinajstić information content (AvgIpc) is 2.72. The van der Waals surface area contributed by atoms with Gasteiger partial charge < -0.3 is 14.4 Å². The van der Waals surface area contributed by atoms with E-state index in [1.807, 2.05) is 13.8 Å². The van der Waals surface area contributed by atoms with Crippen LogP contribution in [-0.2, 0) is 4.74 Å². The van der Waals surface area contributed by atoms with Gasteiger partial charge in [0.05, 0.1) is 12.1 Å². The lowest BCUT2D eigenvalue weighted by Gasteiger charge is -2.21. The molecule has 0 saturated carbocycles. The first-order chi connectivity index (χ1) is 8.47. The number of carbonyl (C=O) groups excluding carboxylic acids is 1. The number of carbonyl (C=O) groups is 1. The van der Waals surface area contributed by atoms with Crippen molar-refractivity contribution in [2.45, 2.75) is 24.9 Å². The Morgan fingerprint density at radius 1 is 1.50 bits per heavy atom. The molecule has 0 spiro atoms. The van der Waals surface area contributed by atoms with E-state index >= 15 is 0 Å².